The highest BCUT2D eigenvalue weighted by molar-refractivity contribution is 6.32. The van der Waals surface area contributed by atoms with Gasteiger partial charge in [0.25, 0.3) is 0 Å². The van der Waals surface area contributed by atoms with Gasteiger partial charge in [-0.1, -0.05) is 18.2 Å². The van der Waals surface area contributed by atoms with Crippen molar-refractivity contribution >= 4 is 29.6 Å². The molecule has 124 valence electrons. The summed E-state index contributed by atoms with van der Waals surface area (Å²) < 4.78 is 10.7. The molecule has 0 atom stereocenters. The summed E-state index contributed by atoms with van der Waals surface area (Å²) in [5.41, 5.74) is 0.984. The maximum Gasteiger partial charge on any atom is 0.352 e. The summed E-state index contributed by atoms with van der Waals surface area (Å²) in [6, 6.07) is 3.08. The Morgan fingerprint density at radius 3 is 2.52 bits per heavy atom. The Morgan fingerprint density at radius 1 is 1.39 bits per heavy atom. The topological polar surface area (TPSA) is 84.9 Å². The molecule has 23 heavy (non-hydrogen) atoms. The Kier molecular flexibility index (Phi) is 6.65. The fourth-order valence-electron chi connectivity index (χ4n) is 1.67. The van der Waals surface area contributed by atoms with E-state index in [2.05, 4.69) is 11.9 Å². The van der Waals surface area contributed by atoms with Crippen LogP contribution >= 0.6 is 11.6 Å². The molecule has 1 amide bonds. The SMILES string of the molecule is C=C(C)COc1c(Cl)cc(/C=C(/NC(C)=O)C(=O)O)cc1OC. The summed E-state index contributed by atoms with van der Waals surface area (Å²) in [5, 5.41) is 11.6. The van der Waals surface area contributed by atoms with Gasteiger partial charge in [-0.25, -0.2) is 4.79 Å². The molecule has 0 unspecified atom stereocenters. The zero-order valence-electron chi connectivity index (χ0n) is 13.1. The van der Waals surface area contributed by atoms with E-state index >= 15 is 0 Å². The number of halogens is 1. The van der Waals surface area contributed by atoms with Crippen LogP contribution in [0.2, 0.25) is 5.02 Å². The van der Waals surface area contributed by atoms with Gasteiger partial charge in [0.2, 0.25) is 5.91 Å². The second-order valence-corrected chi connectivity index (χ2v) is 5.23. The largest absolute Gasteiger partial charge is 0.493 e. The predicted octanol–water partition coefficient (Wildman–Crippen LogP) is 2.87. The van der Waals surface area contributed by atoms with E-state index in [4.69, 9.17) is 26.2 Å². The van der Waals surface area contributed by atoms with Crippen molar-refractivity contribution in [2.75, 3.05) is 13.7 Å². The molecule has 2 N–H and O–H groups in total. The lowest BCUT2D eigenvalue weighted by Crippen LogP contribution is -2.24. The van der Waals surface area contributed by atoms with Crippen molar-refractivity contribution in [1.82, 2.24) is 5.32 Å². The zero-order valence-corrected chi connectivity index (χ0v) is 13.9. The number of ether oxygens (including phenoxy) is 2. The van der Waals surface area contributed by atoms with Gasteiger partial charge in [-0.15, -0.1) is 0 Å². The second-order valence-electron chi connectivity index (χ2n) is 4.82. The van der Waals surface area contributed by atoms with Crippen LogP contribution in [0.5, 0.6) is 11.5 Å². The van der Waals surface area contributed by atoms with Gasteiger partial charge < -0.3 is 19.9 Å². The minimum Gasteiger partial charge on any atom is -0.493 e. The van der Waals surface area contributed by atoms with Crippen molar-refractivity contribution in [1.29, 1.82) is 0 Å². The molecule has 6 nitrogen and oxygen atoms in total. The van der Waals surface area contributed by atoms with Crippen LogP contribution in [-0.2, 0) is 9.59 Å². The lowest BCUT2D eigenvalue weighted by atomic mass is 10.1. The van der Waals surface area contributed by atoms with Crippen LogP contribution in [0.15, 0.2) is 30.0 Å². The molecule has 0 aromatic heterocycles. The Hall–Kier alpha value is -2.47. The standard InChI is InChI=1S/C16H18ClNO5/c1-9(2)8-23-15-12(17)5-11(7-14(15)22-4)6-13(16(20)21)18-10(3)19/h5-7H,1,8H2,2-4H3,(H,18,19)(H,20,21)/b13-6+. The van der Waals surface area contributed by atoms with E-state index in [1.807, 2.05) is 6.92 Å². The summed E-state index contributed by atoms with van der Waals surface area (Å²) in [7, 11) is 1.44. The van der Waals surface area contributed by atoms with Gasteiger partial charge in [-0.05, 0) is 36.3 Å². The molecule has 0 aliphatic carbocycles. The molecule has 0 radical (unpaired) electrons. The van der Waals surface area contributed by atoms with Gasteiger partial charge in [-0.3, -0.25) is 4.79 Å². The Bertz CT molecular complexity index is 667. The normalized spacial score (nSPS) is 10.9. The number of hydrogen-bond acceptors (Lipinski definition) is 4. The molecule has 0 fully saturated rings. The molecular formula is C16H18ClNO5. The number of rotatable bonds is 7. The average molecular weight is 340 g/mol. The van der Waals surface area contributed by atoms with Crippen LogP contribution in [0.25, 0.3) is 6.08 Å². The molecule has 7 heteroatoms. The van der Waals surface area contributed by atoms with Gasteiger partial charge in [0.05, 0.1) is 12.1 Å². The Morgan fingerprint density at radius 2 is 2.04 bits per heavy atom. The van der Waals surface area contributed by atoms with E-state index in [9.17, 15) is 9.59 Å². The van der Waals surface area contributed by atoms with E-state index in [1.165, 1.54) is 26.2 Å². The summed E-state index contributed by atoms with van der Waals surface area (Å²) in [6.07, 6.45) is 1.28. The fraction of sp³-hybridized carbons (Fsp3) is 0.250. The first-order valence-electron chi connectivity index (χ1n) is 6.62. The smallest absolute Gasteiger partial charge is 0.352 e. The summed E-state index contributed by atoms with van der Waals surface area (Å²) >= 11 is 6.17. The number of hydrogen-bond donors (Lipinski definition) is 2. The molecule has 0 heterocycles. The number of carbonyl (C=O) groups is 2. The lowest BCUT2D eigenvalue weighted by molar-refractivity contribution is -0.134. The molecular weight excluding hydrogens is 322 g/mol. The van der Waals surface area contributed by atoms with Crippen molar-refractivity contribution in [3.63, 3.8) is 0 Å². The average Bonchev–Trinajstić information content (AvgIpc) is 2.44. The van der Waals surface area contributed by atoms with Crippen molar-refractivity contribution in [2.45, 2.75) is 13.8 Å². The molecule has 0 saturated carbocycles. The number of carbonyl (C=O) groups excluding carboxylic acids is 1. The first-order valence-corrected chi connectivity index (χ1v) is 6.99. The lowest BCUT2D eigenvalue weighted by Gasteiger charge is -2.13. The van der Waals surface area contributed by atoms with Crippen molar-refractivity contribution in [3.05, 3.63) is 40.6 Å². The van der Waals surface area contributed by atoms with E-state index in [0.717, 1.165) is 5.57 Å². The van der Waals surface area contributed by atoms with Crippen LogP contribution in [0, 0.1) is 0 Å². The number of carboxylic acid groups (broad SMARTS) is 1. The van der Waals surface area contributed by atoms with E-state index in [1.54, 1.807) is 6.07 Å². The van der Waals surface area contributed by atoms with Gasteiger partial charge in [0, 0.05) is 6.92 Å². The molecule has 0 aliphatic heterocycles. The van der Waals surface area contributed by atoms with Crippen LogP contribution in [0.1, 0.15) is 19.4 Å². The summed E-state index contributed by atoms with van der Waals surface area (Å²) in [6.45, 7) is 7.04. The fourth-order valence-corrected chi connectivity index (χ4v) is 1.94. The van der Waals surface area contributed by atoms with Gasteiger partial charge in [-0.2, -0.15) is 0 Å². The van der Waals surface area contributed by atoms with Crippen LogP contribution in [-0.4, -0.2) is 30.7 Å². The first-order chi connectivity index (χ1) is 10.7. The summed E-state index contributed by atoms with van der Waals surface area (Å²) in [4.78, 5) is 22.2. The van der Waals surface area contributed by atoms with E-state index in [-0.39, 0.29) is 17.3 Å². The maximum absolute atomic E-state index is 11.1. The molecule has 1 aromatic carbocycles. The molecule has 0 spiro atoms. The number of methoxy groups -OCH3 is 1. The number of aliphatic carboxylic acids is 1. The Balaban J connectivity index is 3.23. The monoisotopic (exact) mass is 339 g/mol. The van der Waals surface area contributed by atoms with Crippen LogP contribution < -0.4 is 14.8 Å². The third-order valence-corrected chi connectivity index (χ3v) is 2.85. The highest BCUT2D eigenvalue weighted by Gasteiger charge is 2.14. The van der Waals surface area contributed by atoms with Crippen LogP contribution in [0.4, 0.5) is 0 Å². The van der Waals surface area contributed by atoms with Crippen molar-refractivity contribution in [2.24, 2.45) is 0 Å². The van der Waals surface area contributed by atoms with Gasteiger partial charge in [0.15, 0.2) is 11.5 Å². The Labute approximate surface area is 139 Å². The highest BCUT2D eigenvalue weighted by Crippen LogP contribution is 2.37. The third-order valence-electron chi connectivity index (χ3n) is 2.57. The maximum atomic E-state index is 11.1. The molecule has 0 bridgehead atoms. The first kappa shape index (κ1) is 18.6. The number of nitrogens with one attached hydrogen (secondary N) is 1. The minimum absolute atomic E-state index is 0.254. The van der Waals surface area contributed by atoms with Gasteiger partial charge in [0.1, 0.15) is 12.3 Å². The molecule has 1 rings (SSSR count). The van der Waals surface area contributed by atoms with Gasteiger partial charge >= 0.3 is 5.97 Å². The summed E-state index contributed by atoms with van der Waals surface area (Å²) in [5.74, 6) is -1.07. The number of benzene rings is 1. The van der Waals surface area contributed by atoms with Crippen LogP contribution in [0.3, 0.4) is 0 Å². The molecule has 0 aliphatic rings. The predicted molar refractivity (Wildman–Crippen MR) is 87.7 cm³/mol. The second kappa shape index (κ2) is 8.24. The zero-order chi connectivity index (χ0) is 17.6. The van der Waals surface area contributed by atoms with E-state index in [0.29, 0.717) is 17.1 Å². The highest BCUT2D eigenvalue weighted by atomic mass is 35.5. The van der Waals surface area contributed by atoms with Crippen molar-refractivity contribution < 1.29 is 24.2 Å². The number of carboxylic acids is 1. The molecule has 1 aromatic rings. The quantitative estimate of drug-likeness (QED) is 0.589. The number of amides is 1. The third kappa shape index (κ3) is 5.67. The van der Waals surface area contributed by atoms with Crippen molar-refractivity contribution in [3.8, 4) is 11.5 Å². The van der Waals surface area contributed by atoms with E-state index < -0.39 is 11.9 Å². The minimum atomic E-state index is -1.27. The molecule has 0 saturated heterocycles.